The molecular weight excluding hydrogens is 321 g/mol. The van der Waals surface area contributed by atoms with Gasteiger partial charge in [0.25, 0.3) is 0 Å². The highest BCUT2D eigenvalue weighted by molar-refractivity contribution is 5.81. The minimum atomic E-state index is -4.43. The molecule has 3 heterocycles. The molecule has 0 aliphatic heterocycles. The summed E-state index contributed by atoms with van der Waals surface area (Å²) in [6.07, 6.45) is 1.97. The molecule has 0 spiro atoms. The minimum Gasteiger partial charge on any atom is -0.436 e. The Bertz CT molecular complexity index is 1010. The lowest BCUT2D eigenvalue weighted by Crippen LogP contribution is -2.03. The van der Waals surface area contributed by atoms with E-state index in [1.165, 1.54) is 6.07 Å². The molecule has 120 valence electrons. The van der Waals surface area contributed by atoms with Crippen LogP contribution in [0.3, 0.4) is 0 Å². The molecule has 0 saturated carbocycles. The second-order valence-electron chi connectivity index (χ2n) is 5.06. The third-order valence-electron chi connectivity index (χ3n) is 3.52. The molecule has 0 aliphatic carbocycles. The summed E-state index contributed by atoms with van der Waals surface area (Å²) in [5.41, 5.74) is 0.882. The lowest BCUT2D eigenvalue weighted by molar-refractivity contribution is -0.137. The Balaban J connectivity index is 1.86. The first kappa shape index (κ1) is 14.4. The Morgan fingerprint density at radius 3 is 2.67 bits per heavy atom. The van der Waals surface area contributed by atoms with E-state index in [9.17, 15) is 13.2 Å². The van der Waals surface area contributed by atoms with Gasteiger partial charge in [0.05, 0.1) is 11.1 Å². The van der Waals surface area contributed by atoms with Gasteiger partial charge in [0.15, 0.2) is 5.58 Å². The zero-order valence-corrected chi connectivity index (χ0v) is 12.0. The van der Waals surface area contributed by atoms with Crippen LogP contribution in [-0.4, -0.2) is 19.9 Å². The number of aromatic nitrogens is 4. The van der Waals surface area contributed by atoms with Gasteiger partial charge in [-0.2, -0.15) is 13.2 Å². The van der Waals surface area contributed by atoms with Gasteiger partial charge in [-0.15, -0.1) is 0 Å². The highest BCUT2D eigenvalue weighted by Gasteiger charge is 2.31. The molecule has 4 rings (SSSR count). The molecule has 5 nitrogen and oxygen atoms in total. The summed E-state index contributed by atoms with van der Waals surface area (Å²) >= 11 is 0. The first-order valence-corrected chi connectivity index (χ1v) is 6.94. The topological polar surface area (TPSA) is 67.6 Å². The first-order valence-electron chi connectivity index (χ1n) is 6.94. The lowest BCUT2D eigenvalue weighted by atomic mass is 10.1. The molecule has 0 fully saturated rings. The second-order valence-corrected chi connectivity index (χ2v) is 5.06. The number of rotatable bonds is 2. The Morgan fingerprint density at radius 1 is 1.04 bits per heavy atom. The van der Waals surface area contributed by atoms with Crippen LogP contribution < -0.4 is 0 Å². The number of alkyl halides is 3. The van der Waals surface area contributed by atoms with E-state index < -0.39 is 11.7 Å². The number of H-pyrrole nitrogens is 1. The summed E-state index contributed by atoms with van der Waals surface area (Å²) in [5.74, 6) is 0.773. The van der Waals surface area contributed by atoms with Crippen LogP contribution in [0.25, 0.3) is 33.9 Å². The van der Waals surface area contributed by atoms with Crippen LogP contribution in [0.15, 0.2) is 53.5 Å². The smallest absolute Gasteiger partial charge is 0.416 e. The van der Waals surface area contributed by atoms with Crippen LogP contribution in [0.1, 0.15) is 5.56 Å². The van der Waals surface area contributed by atoms with E-state index in [2.05, 4.69) is 19.9 Å². The first-order chi connectivity index (χ1) is 11.5. The maximum Gasteiger partial charge on any atom is 0.416 e. The predicted molar refractivity (Wildman–Crippen MR) is 79.8 cm³/mol. The van der Waals surface area contributed by atoms with Crippen molar-refractivity contribution in [2.24, 2.45) is 0 Å². The number of nitrogens with one attached hydrogen (secondary N) is 1. The number of oxazole rings is 1. The van der Waals surface area contributed by atoms with Crippen molar-refractivity contribution in [2.45, 2.75) is 6.18 Å². The number of pyridine rings is 1. The second kappa shape index (κ2) is 5.19. The third-order valence-corrected chi connectivity index (χ3v) is 3.52. The van der Waals surface area contributed by atoms with Crippen molar-refractivity contribution >= 4 is 11.1 Å². The minimum absolute atomic E-state index is 0.141. The van der Waals surface area contributed by atoms with Gasteiger partial charge in [0.1, 0.15) is 11.3 Å². The van der Waals surface area contributed by atoms with E-state index in [1.54, 1.807) is 30.9 Å². The lowest BCUT2D eigenvalue weighted by Gasteiger charge is -2.04. The zero-order valence-electron chi connectivity index (χ0n) is 12.0. The standard InChI is InChI=1S/C16H9F3N4O/c17-16(18,19)9-1-2-13-12(7-9)23-15(24-13)10-3-4-20-8-11(10)14-21-5-6-22-14/h1-8H,(H,21,22). The van der Waals surface area contributed by atoms with E-state index in [0.717, 1.165) is 12.1 Å². The van der Waals surface area contributed by atoms with Crippen LogP contribution >= 0.6 is 0 Å². The van der Waals surface area contributed by atoms with Crippen LogP contribution in [0.4, 0.5) is 13.2 Å². The Kier molecular flexibility index (Phi) is 3.12. The maximum absolute atomic E-state index is 12.8. The number of nitrogens with zero attached hydrogens (tertiary/aromatic N) is 3. The molecule has 0 aliphatic rings. The Morgan fingerprint density at radius 2 is 1.92 bits per heavy atom. The van der Waals surface area contributed by atoms with Crippen LogP contribution in [-0.2, 0) is 6.18 Å². The van der Waals surface area contributed by atoms with Crippen molar-refractivity contribution < 1.29 is 17.6 Å². The fourth-order valence-electron chi connectivity index (χ4n) is 2.40. The van der Waals surface area contributed by atoms with Gasteiger partial charge in [0, 0.05) is 30.4 Å². The monoisotopic (exact) mass is 330 g/mol. The largest absolute Gasteiger partial charge is 0.436 e. The van der Waals surface area contributed by atoms with E-state index in [4.69, 9.17) is 4.42 Å². The predicted octanol–water partition coefficient (Wildman–Crippen LogP) is 4.30. The van der Waals surface area contributed by atoms with Gasteiger partial charge >= 0.3 is 6.18 Å². The summed E-state index contributed by atoms with van der Waals surface area (Å²) in [7, 11) is 0. The molecular formula is C16H9F3N4O. The third kappa shape index (κ3) is 2.41. The van der Waals surface area contributed by atoms with Gasteiger partial charge in [0.2, 0.25) is 5.89 Å². The summed E-state index contributed by atoms with van der Waals surface area (Å²) in [6.45, 7) is 0. The van der Waals surface area contributed by atoms with E-state index >= 15 is 0 Å². The molecule has 0 radical (unpaired) electrons. The van der Waals surface area contributed by atoms with Gasteiger partial charge in [-0.3, -0.25) is 4.98 Å². The molecule has 8 heteroatoms. The van der Waals surface area contributed by atoms with Gasteiger partial charge in [-0.25, -0.2) is 9.97 Å². The molecule has 4 aromatic rings. The number of aromatic amines is 1. The van der Waals surface area contributed by atoms with Gasteiger partial charge in [-0.1, -0.05) is 0 Å². The Labute approximate surface area is 133 Å². The molecule has 0 unspecified atom stereocenters. The van der Waals surface area contributed by atoms with E-state index in [1.807, 2.05) is 0 Å². The molecule has 1 N–H and O–H groups in total. The molecule has 3 aromatic heterocycles. The zero-order chi connectivity index (χ0) is 16.7. The van der Waals surface area contributed by atoms with E-state index in [0.29, 0.717) is 17.0 Å². The van der Waals surface area contributed by atoms with Crippen molar-refractivity contribution in [1.82, 2.24) is 19.9 Å². The maximum atomic E-state index is 12.8. The molecule has 0 bridgehead atoms. The van der Waals surface area contributed by atoms with Crippen LogP contribution in [0, 0.1) is 0 Å². The molecule has 0 saturated heterocycles. The Hall–Kier alpha value is -3.16. The number of hydrogen-bond acceptors (Lipinski definition) is 4. The highest BCUT2D eigenvalue weighted by atomic mass is 19.4. The molecule has 24 heavy (non-hydrogen) atoms. The van der Waals surface area contributed by atoms with Crippen LogP contribution in [0.2, 0.25) is 0 Å². The molecule has 0 amide bonds. The van der Waals surface area contributed by atoms with Crippen molar-refractivity contribution in [3.05, 3.63) is 54.6 Å². The van der Waals surface area contributed by atoms with Crippen LogP contribution in [0.5, 0.6) is 0 Å². The van der Waals surface area contributed by atoms with E-state index in [-0.39, 0.29) is 17.0 Å². The fourth-order valence-corrected chi connectivity index (χ4v) is 2.40. The fraction of sp³-hybridized carbons (Fsp3) is 0.0625. The average Bonchev–Trinajstić information content (AvgIpc) is 3.22. The molecule has 1 aromatic carbocycles. The summed E-state index contributed by atoms with van der Waals surface area (Å²) < 4.78 is 44.1. The number of imidazole rings is 1. The normalized spacial score (nSPS) is 12.0. The quantitative estimate of drug-likeness (QED) is 0.595. The summed E-state index contributed by atoms with van der Waals surface area (Å²) in [5, 5.41) is 0. The SMILES string of the molecule is FC(F)(F)c1ccc2oc(-c3ccncc3-c3ncc[nH]3)nc2c1. The van der Waals surface area contributed by atoms with Crippen molar-refractivity contribution in [1.29, 1.82) is 0 Å². The number of halogens is 3. The van der Waals surface area contributed by atoms with Crippen molar-refractivity contribution in [3.8, 4) is 22.8 Å². The number of fused-ring (bicyclic) bond motifs is 1. The number of benzene rings is 1. The highest BCUT2D eigenvalue weighted by Crippen LogP contribution is 2.34. The molecule has 0 atom stereocenters. The summed E-state index contributed by atoms with van der Waals surface area (Å²) in [6, 6.07) is 4.88. The van der Waals surface area contributed by atoms with Crippen molar-refractivity contribution in [2.75, 3.05) is 0 Å². The summed E-state index contributed by atoms with van der Waals surface area (Å²) in [4.78, 5) is 15.4. The average molecular weight is 330 g/mol. The van der Waals surface area contributed by atoms with Gasteiger partial charge in [-0.05, 0) is 24.3 Å². The van der Waals surface area contributed by atoms with Gasteiger partial charge < -0.3 is 9.40 Å². The number of hydrogen-bond donors (Lipinski definition) is 1. The van der Waals surface area contributed by atoms with Crippen molar-refractivity contribution in [3.63, 3.8) is 0 Å².